The lowest BCUT2D eigenvalue weighted by Gasteiger charge is -2.28. The van der Waals surface area contributed by atoms with Crippen LogP contribution in [-0.4, -0.2) is 35.0 Å². The number of carbonyl (C=O) groups excluding carboxylic acids is 1. The van der Waals surface area contributed by atoms with Crippen LogP contribution in [0.3, 0.4) is 0 Å². The van der Waals surface area contributed by atoms with Crippen molar-refractivity contribution in [2.45, 2.75) is 19.6 Å². The lowest BCUT2D eigenvalue weighted by molar-refractivity contribution is -0.136. The third-order valence-corrected chi connectivity index (χ3v) is 6.03. The Morgan fingerprint density at radius 1 is 0.972 bits per heavy atom. The molecule has 8 nitrogen and oxygen atoms in total. The number of aromatic nitrogens is 3. The molecule has 1 aromatic heterocycles. The van der Waals surface area contributed by atoms with Gasteiger partial charge in [-0.2, -0.15) is 4.98 Å². The molecule has 0 radical (unpaired) electrons. The number of hydrogen-bond acceptors (Lipinski definition) is 7. The van der Waals surface area contributed by atoms with E-state index < -0.39 is 12.0 Å². The maximum absolute atomic E-state index is 12.9. The number of nitrogens with zero attached hydrogens (tertiary/aromatic N) is 3. The van der Waals surface area contributed by atoms with Gasteiger partial charge in [0.2, 0.25) is 5.95 Å². The van der Waals surface area contributed by atoms with E-state index in [0.717, 1.165) is 16.7 Å². The fourth-order valence-electron chi connectivity index (χ4n) is 4.25. The first-order valence-electron chi connectivity index (χ1n) is 11.5. The van der Waals surface area contributed by atoms with Crippen LogP contribution in [0.15, 0.2) is 90.1 Å². The predicted molar refractivity (Wildman–Crippen MR) is 136 cm³/mol. The monoisotopic (exact) mass is 482 g/mol. The maximum atomic E-state index is 12.9. The van der Waals surface area contributed by atoms with Gasteiger partial charge in [0.25, 0.3) is 0 Å². The van der Waals surface area contributed by atoms with E-state index in [1.807, 2.05) is 85.8 Å². The Bertz CT molecular complexity index is 1410. The second-order valence-electron chi connectivity index (χ2n) is 8.31. The molecule has 1 aliphatic heterocycles. The van der Waals surface area contributed by atoms with Crippen LogP contribution < -0.4 is 14.8 Å². The zero-order valence-electron chi connectivity index (χ0n) is 20.3. The zero-order valence-corrected chi connectivity index (χ0v) is 20.3. The van der Waals surface area contributed by atoms with Crippen LogP contribution in [0.25, 0.3) is 11.4 Å². The number of nitrogens with one attached hydrogen (secondary N) is 1. The van der Waals surface area contributed by atoms with Crippen molar-refractivity contribution in [3.63, 3.8) is 0 Å². The van der Waals surface area contributed by atoms with Gasteiger partial charge < -0.3 is 19.5 Å². The maximum Gasteiger partial charge on any atom is 0.338 e. The summed E-state index contributed by atoms with van der Waals surface area (Å²) in [5.74, 6) is 1.79. The smallest absolute Gasteiger partial charge is 0.338 e. The van der Waals surface area contributed by atoms with Gasteiger partial charge in [0.1, 0.15) is 12.6 Å². The molecule has 1 unspecified atom stereocenters. The van der Waals surface area contributed by atoms with Crippen LogP contribution in [0, 0.1) is 0 Å². The molecule has 3 aromatic carbocycles. The summed E-state index contributed by atoms with van der Waals surface area (Å²) < 4.78 is 18.5. The van der Waals surface area contributed by atoms with Gasteiger partial charge in [-0.05, 0) is 30.2 Å². The van der Waals surface area contributed by atoms with E-state index in [1.54, 1.807) is 11.8 Å². The minimum atomic E-state index is -0.573. The Morgan fingerprint density at radius 2 is 1.69 bits per heavy atom. The number of ether oxygens (including phenoxy) is 3. The molecule has 0 aliphatic carbocycles. The molecule has 0 bridgehead atoms. The fourth-order valence-corrected chi connectivity index (χ4v) is 4.25. The Hall–Kier alpha value is -4.59. The van der Waals surface area contributed by atoms with Crippen LogP contribution in [-0.2, 0) is 16.1 Å². The molecule has 8 heteroatoms. The summed E-state index contributed by atoms with van der Waals surface area (Å²) >= 11 is 0. The van der Waals surface area contributed by atoms with Crippen LogP contribution in [0.1, 0.15) is 24.1 Å². The first kappa shape index (κ1) is 23.2. The number of carbonyl (C=O) groups is 1. The molecular weight excluding hydrogens is 456 g/mol. The Kier molecular flexibility index (Phi) is 6.40. The van der Waals surface area contributed by atoms with Gasteiger partial charge in [-0.15, -0.1) is 5.10 Å². The van der Waals surface area contributed by atoms with Crippen molar-refractivity contribution in [2.75, 3.05) is 19.5 Å². The topological polar surface area (TPSA) is 87.5 Å². The van der Waals surface area contributed by atoms with Crippen LogP contribution in [0.2, 0.25) is 0 Å². The van der Waals surface area contributed by atoms with Gasteiger partial charge in [-0.1, -0.05) is 66.7 Å². The number of anilines is 1. The van der Waals surface area contributed by atoms with Crippen molar-refractivity contribution < 1.29 is 19.0 Å². The molecule has 2 heterocycles. The minimum absolute atomic E-state index is 0.407. The van der Waals surface area contributed by atoms with Crippen LogP contribution >= 0.6 is 0 Å². The highest BCUT2D eigenvalue weighted by Crippen LogP contribution is 2.40. The van der Waals surface area contributed by atoms with Gasteiger partial charge in [-0.25, -0.2) is 9.48 Å². The molecule has 36 heavy (non-hydrogen) atoms. The number of benzene rings is 3. The van der Waals surface area contributed by atoms with Gasteiger partial charge in [-0.3, -0.25) is 0 Å². The standard InChI is InChI=1S/C28H26N4O4/c1-18-24(27(33)35-3)25(32-28(29-18)30-26(31-32)20-12-8-5-9-13-20)21-14-15-22(23(16-21)34-2)36-17-19-10-6-4-7-11-19/h4-16,25H,17H2,1-3H3,(H,29,30,31). The molecule has 0 fully saturated rings. The summed E-state index contributed by atoms with van der Waals surface area (Å²) in [5.41, 5.74) is 3.80. The molecule has 0 saturated heterocycles. The number of methoxy groups -OCH3 is 2. The lowest BCUT2D eigenvalue weighted by atomic mass is 9.95. The van der Waals surface area contributed by atoms with E-state index in [-0.39, 0.29) is 0 Å². The number of allylic oxidation sites excluding steroid dienone is 1. The summed E-state index contributed by atoms with van der Waals surface area (Å²) in [6.07, 6.45) is 0. The average Bonchev–Trinajstić information content (AvgIpc) is 3.35. The van der Waals surface area contributed by atoms with Gasteiger partial charge >= 0.3 is 5.97 Å². The van der Waals surface area contributed by atoms with E-state index in [1.165, 1.54) is 7.11 Å². The van der Waals surface area contributed by atoms with Gasteiger partial charge in [0, 0.05) is 11.3 Å². The Morgan fingerprint density at radius 3 is 2.39 bits per heavy atom. The molecule has 5 rings (SSSR count). The van der Waals surface area contributed by atoms with Gasteiger partial charge in [0.05, 0.1) is 19.8 Å². The highest BCUT2D eigenvalue weighted by atomic mass is 16.5. The van der Waals surface area contributed by atoms with Crippen molar-refractivity contribution in [2.24, 2.45) is 0 Å². The quantitative estimate of drug-likeness (QED) is 0.371. The van der Waals surface area contributed by atoms with E-state index in [9.17, 15) is 4.79 Å². The average molecular weight is 483 g/mol. The number of hydrogen-bond donors (Lipinski definition) is 1. The van der Waals surface area contributed by atoms with Crippen molar-refractivity contribution in [1.29, 1.82) is 0 Å². The van der Waals surface area contributed by atoms with Crippen LogP contribution in [0.5, 0.6) is 11.5 Å². The Balaban J connectivity index is 1.55. The number of rotatable bonds is 7. The normalized spacial score (nSPS) is 14.6. The molecule has 0 saturated carbocycles. The predicted octanol–water partition coefficient (Wildman–Crippen LogP) is 4.99. The van der Waals surface area contributed by atoms with E-state index in [4.69, 9.17) is 19.3 Å². The summed E-state index contributed by atoms with van der Waals surface area (Å²) in [4.78, 5) is 17.6. The van der Waals surface area contributed by atoms with Crippen molar-refractivity contribution >= 4 is 11.9 Å². The number of fused-ring (bicyclic) bond motifs is 1. The molecule has 0 amide bonds. The second-order valence-corrected chi connectivity index (χ2v) is 8.31. The van der Waals surface area contributed by atoms with E-state index >= 15 is 0 Å². The third kappa shape index (κ3) is 4.40. The Labute approximate surface area is 209 Å². The number of esters is 1. The lowest BCUT2D eigenvalue weighted by Crippen LogP contribution is -2.29. The van der Waals surface area contributed by atoms with Crippen LogP contribution in [0.4, 0.5) is 5.95 Å². The molecule has 1 aliphatic rings. The van der Waals surface area contributed by atoms with Crippen molar-refractivity contribution in [1.82, 2.24) is 14.8 Å². The highest BCUT2D eigenvalue weighted by molar-refractivity contribution is 5.92. The zero-order chi connectivity index (χ0) is 25.1. The second kappa shape index (κ2) is 9.95. The molecule has 182 valence electrons. The van der Waals surface area contributed by atoms with Crippen molar-refractivity contribution in [3.8, 4) is 22.9 Å². The third-order valence-electron chi connectivity index (χ3n) is 6.03. The van der Waals surface area contributed by atoms with Gasteiger partial charge in [0.15, 0.2) is 17.3 Å². The molecular formula is C28H26N4O4. The summed E-state index contributed by atoms with van der Waals surface area (Å²) in [5, 5.41) is 7.97. The minimum Gasteiger partial charge on any atom is -0.493 e. The molecule has 4 aromatic rings. The SMILES string of the molecule is COC(=O)C1=C(C)Nc2nc(-c3ccccc3)nn2C1c1ccc(OCc2ccccc2)c(OC)c1. The van der Waals surface area contributed by atoms with E-state index in [0.29, 0.717) is 41.1 Å². The molecule has 1 N–H and O–H groups in total. The van der Waals surface area contributed by atoms with E-state index in [2.05, 4.69) is 10.3 Å². The molecule has 1 atom stereocenters. The first-order valence-corrected chi connectivity index (χ1v) is 11.5. The summed E-state index contributed by atoms with van der Waals surface area (Å²) in [7, 11) is 2.96. The largest absolute Gasteiger partial charge is 0.493 e. The molecule has 0 spiro atoms. The summed E-state index contributed by atoms with van der Waals surface area (Å²) in [6.45, 7) is 2.23. The van der Waals surface area contributed by atoms with Crippen molar-refractivity contribution in [3.05, 3.63) is 101 Å². The first-order chi connectivity index (χ1) is 17.6. The highest BCUT2D eigenvalue weighted by Gasteiger charge is 2.35. The fraction of sp³-hybridized carbons (Fsp3) is 0.179. The summed E-state index contributed by atoms with van der Waals surface area (Å²) in [6, 6.07) is 24.6.